The van der Waals surface area contributed by atoms with E-state index in [2.05, 4.69) is 4.98 Å². The average molecular weight is 279 g/mol. The van der Waals surface area contributed by atoms with E-state index in [0.29, 0.717) is 5.02 Å². The second-order valence-electron chi connectivity index (χ2n) is 4.92. The van der Waals surface area contributed by atoms with Gasteiger partial charge in [0, 0.05) is 27.7 Å². The summed E-state index contributed by atoms with van der Waals surface area (Å²) in [4.78, 5) is 16.8. The third kappa shape index (κ3) is 2.22. The highest BCUT2D eigenvalue weighted by molar-refractivity contribution is 6.31. The van der Waals surface area contributed by atoms with Crippen molar-refractivity contribution in [3.8, 4) is 0 Å². The lowest BCUT2D eigenvalue weighted by Gasteiger charge is -2.23. The number of aromatic nitrogens is 1. The summed E-state index contributed by atoms with van der Waals surface area (Å²) in [5.74, 6) is -0.803. The predicted octanol–water partition coefficient (Wildman–Crippen LogP) is 3.04. The van der Waals surface area contributed by atoms with Gasteiger partial charge in [0.25, 0.3) is 0 Å². The number of nitrogens with zero attached hydrogens (tertiary/aromatic N) is 1. The van der Waals surface area contributed by atoms with Gasteiger partial charge in [0.15, 0.2) is 0 Å². The number of aromatic amines is 1. The maximum Gasteiger partial charge on any atom is 0.325 e. The van der Waals surface area contributed by atoms with Crippen LogP contribution in [0.3, 0.4) is 0 Å². The van der Waals surface area contributed by atoms with E-state index in [1.165, 1.54) is 0 Å². The van der Waals surface area contributed by atoms with Gasteiger partial charge >= 0.3 is 5.97 Å². The molecule has 2 heterocycles. The third-order valence-electron chi connectivity index (χ3n) is 3.71. The number of rotatable bonds is 3. The SMILES string of the molecule is O=C(O)C(c1c[nH]c2ccc(Cl)cc12)N1CCCC1. The number of fused-ring (bicyclic) bond motifs is 1. The number of halogens is 1. The molecule has 3 rings (SSSR count). The zero-order valence-corrected chi connectivity index (χ0v) is 11.2. The minimum absolute atomic E-state index is 0.588. The number of nitrogens with one attached hydrogen (secondary N) is 1. The van der Waals surface area contributed by atoms with Crippen molar-refractivity contribution >= 4 is 28.5 Å². The van der Waals surface area contributed by atoms with Crippen molar-refractivity contribution in [1.29, 1.82) is 0 Å². The average Bonchev–Trinajstić information content (AvgIpc) is 3.00. The molecule has 1 aliphatic heterocycles. The second kappa shape index (κ2) is 4.87. The lowest BCUT2D eigenvalue weighted by molar-refractivity contribution is -0.143. The molecule has 0 radical (unpaired) electrons. The molecule has 1 atom stereocenters. The summed E-state index contributed by atoms with van der Waals surface area (Å²) in [5, 5.41) is 11.1. The molecule has 0 spiro atoms. The second-order valence-corrected chi connectivity index (χ2v) is 5.35. The number of hydrogen-bond donors (Lipinski definition) is 2. The fraction of sp³-hybridized carbons (Fsp3) is 0.357. The number of benzene rings is 1. The van der Waals surface area contributed by atoms with Crippen LogP contribution in [0, 0.1) is 0 Å². The fourth-order valence-electron chi connectivity index (χ4n) is 2.83. The van der Waals surface area contributed by atoms with Gasteiger partial charge in [0.2, 0.25) is 0 Å². The number of likely N-dealkylation sites (tertiary alicyclic amines) is 1. The largest absolute Gasteiger partial charge is 0.480 e. The Bertz CT molecular complexity index is 617. The first-order valence-corrected chi connectivity index (χ1v) is 6.78. The molecule has 0 amide bonds. The molecule has 2 aromatic rings. The molecule has 1 fully saturated rings. The van der Waals surface area contributed by atoms with Gasteiger partial charge in [-0.25, -0.2) is 0 Å². The van der Waals surface area contributed by atoms with Crippen molar-refractivity contribution in [3.63, 3.8) is 0 Å². The van der Waals surface area contributed by atoms with Crippen LogP contribution in [0.1, 0.15) is 24.4 Å². The van der Waals surface area contributed by atoms with Crippen LogP contribution in [0.4, 0.5) is 0 Å². The van der Waals surface area contributed by atoms with Gasteiger partial charge in [-0.3, -0.25) is 9.69 Å². The Morgan fingerprint density at radius 3 is 2.79 bits per heavy atom. The van der Waals surface area contributed by atoms with Crippen molar-refractivity contribution in [3.05, 3.63) is 35.0 Å². The summed E-state index contributed by atoms with van der Waals surface area (Å²) in [5.41, 5.74) is 1.72. The van der Waals surface area contributed by atoms with Crippen molar-refractivity contribution in [2.75, 3.05) is 13.1 Å². The summed E-state index contributed by atoms with van der Waals surface area (Å²) in [6, 6.07) is 4.92. The van der Waals surface area contributed by atoms with E-state index in [9.17, 15) is 9.90 Å². The molecule has 1 aromatic carbocycles. The highest BCUT2D eigenvalue weighted by Crippen LogP contribution is 2.32. The number of H-pyrrole nitrogens is 1. The molecule has 2 N–H and O–H groups in total. The molecule has 1 aromatic heterocycles. The van der Waals surface area contributed by atoms with E-state index in [1.807, 2.05) is 17.0 Å². The van der Waals surface area contributed by atoms with Crippen LogP contribution in [0.2, 0.25) is 5.02 Å². The van der Waals surface area contributed by atoms with E-state index in [1.54, 1.807) is 12.3 Å². The minimum Gasteiger partial charge on any atom is -0.480 e. The summed E-state index contributed by atoms with van der Waals surface area (Å²) >= 11 is 6.02. The number of hydrogen-bond acceptors (Lipinski definition) is 2. The standard InChI is InChI=1S/C14H15ClN2O2/c15-9-3-4-12-10(7-9)11(8-16-12)13(14(18)19)17-5-1-2-6-17/h3-4,7-8,13,16H,1-2,5-6H2,(H,18,19). The summed E-state index contributed by atoms with van der Waals surface area (Å²) in [6.45, 7) is 1.68. The van der Waals surface area contributed by atoms with Crippen LogP contribution >= 0.6 is 11.6 Å². The maximum absolute atomic E-state index is 11.6. The topological polar surface area (TPSA) is 56.3 Å². The predicted molar refractivity (Wildman–Crippen MR) is 74.5 cm³/mol. The Morgan fingerprint density at radius 2 is 2.11 bits per heavy atom. The van der Waals surface area contributed by atoms with E-state index in [0.717, 1.165) is 42.4 Å². The molecule has 19 heavy (non-hydrogen) atoms. The fourth-order valence-corrected chi connectivity index (χ4v) is 3.00. The first-order chi connectivity index (χ1) is 9.16. The third-order valence-corrected chi connectivity index (χ3v) is 3.95. The van der Waals surface area contributed by atoms with Crippen LogP contribution in [0.5, 0.6) is 0 Å². The highest BCUT2D eigenvalue weighted by Gasteiger charge is 2.31. The molecule has 0 bridgehead atoms. The van der Waals surface area contributed by atoms with Gasteiger partial charge in [-0.15, -0.1) is 0 Å². The maximum atomic E-state index is 11.6. The van der Waals surface area contributed by atoms with Crippen LogP contribution in [0.15, 0.2) is 24.4 Å². The van der Waals surface area contributed by atoms with Crippen LogP contribution in [-0.2, 0) is 4.79 Å². The molecule has 4 nitrogen and oxygen atoms in total. The number of carbonyl (C=O) groups is 1. The van der Waals surface area contributed by atoms with Gasteiger partial charge in [-0.2, -0.15) is 0 Å². The summed E-state index contributed by atoms with van der Waals surface area (Å²) in [6.07, 6.45) is 3.91. The Morgan fingerprint density at radius 1 is 1.37 bits per heavy atom. The van der Waals surface area contributed by atoms with Gasteiger partial charge < -0.3 is 10.1 Å². The molecule has 1 saturated heterocycles. The summed E-state index contributed by atoms with van der Waals surface area (Å²) in [7, 11) is 0. The van der Waals surface area contributed by atoms with E-state index in [4.69, 9.17) is 11.6 Å². The first kappa shape index (κ1) is 12.5. The number of carboxylic acids is 1. The lowest BCUT2D eigenvalue weighted by Crippen LogP contribution is -2.31. The Hall–Kier alpha value is -1.52. The Labute approximate surface area is 116 Å². The molecule has 100 valence electrons. The van der Waals surface area contributed by atoms with Crippen molar-refractivity contribution in [2.45, 2.75) is 18.9 Å². The van der Waals surface area contributed by atoms with Gasteiger partial charge in [0.05, 0.1) is 0 Å². The zero-order valence-electron chi connectivity index (χ0n) is 10.4. The van der Waals surface area contributed by atoms with Crippen LogP contribution < -0.4 is 0 Å². The Balaban J connectivity index is 2.09. The molecular formula is C14H15ClN2O2. The van der Waals surface area contributed by atoms with Crippen LogP contribution in [-0.4, -0.2) is 34.0 Å². The van der Waals surface area contributed by atoms with Crippen molar-refractivity contribution < 1.29 is 9.90 Å². The van der Waals surface area contributed by atoms with Crippen molar-refractivity contribution in [1.82, 2.24) is 9.88 Å². The lowest BCUT2D eigenvalue weighted by atomic mass is 10.0. The van der Waals surface area contributed by atoms with Gasteiger partial charge in [0.1, 0.15) is 6.04 Å². The normalized spacial score (nSPS) is 17.9. The molecular weight excluding hydrogens is 264 g/mol. The molecule has 0 saturated carbocycles. The van der Waals surface area contributed by atoms with Crippen molar-refractivity contribution in [2.24, 2.45) is 0 Å². The monoisotopic (exact) mass is 278 g/mol. The highest BCUT2D eigenvalue weighted by atomic mass is 35.5. The van der Waals surface area contributed by atoms with E-state index < -0.39 is 12.0 Å². The zero-order chi connectivity index (χ0) is 13.4. The molecule has 0 aliphatic carbocycles. The molecule has 1 unspecified atom stereocenters. The first-order valence-electron chi connectivity index (χ1n) is 6.40. The molecule has 1 aliphatic rings. The molecule has 5 heteroatoms. The van der Waals surface area contributed by atoms with Gasteiger partial charge in [-0.05, 0) is 44.1 Å². The van der Waals surface area contributed by atoms with Crippen LogP contribution in [0.25, 0.3) is 10.9 Å². The quantitative estimate of drug-likeness (QED) is 0.907. The Kier molecular flexibility index (Phi) is 3.21. The summed E-state index contributed by atoms with van der Waals surface area (Å²) < 4.78 is 0. The van der Waals surface area contributed by atoms with Gasteiger partial charge in [-0.1, -0.05) is 11.6 Å². The van der Waals surface area contributed by atoms with E-state index in [-0.39, 0.29) is 0 Å². The smallest absolute Gasteiger partial charge is 0.325 e. The number of aliphatic carboxylic acids is 1. The minimum atomic E-state index is -0.803. The van der Waals surface area contributed by atoms with E-state index >= 15 is 0 Å². The number of carboxylic acid groups (broad SMARTS) is 1.